The van der Waals surface area contributed by atoms with Crippen molar-refractivity contribution in [3.8, 4) is 11.1 Å². The minimum atomic E-state index is 0.245. The summed E-state index contributed by atoms with van der Waals surface area (Å²) in [5.41, 5.74) is 3.60. The van der Waals surface area contributed by atoms with Crippen LogP contribution in [0.15, 0.2) is 54.6 Å². The molecular formula is C23H29NO. The van der Waals surface area contributed by atoms with Gasteiger partial charge in [0.1, 0.15) is 0 Å². The third-order valence-electron chi connectivity index (χ3n) is 6.78. The fourth-order valence-electron chi connectivity index (χ4n) is 5.25. The van der Waals surface area contributed by atoms with Gasteiger partial charge in [0.05, 0.1) is 11.7 Å². The Balaban J connectivity index is 1.57. The zero-order valence-corrected chi connectivity index (χ0v) is 15.2. The molecule has 4 rings (SSSR count). The van der Waals surface area contributed by atoms with Gasteiger partial charge in [0, 0.05) is 0 Å². The summed E-state index contributed by atoms with van der Waals surface area (Å²) in [5.74, 6) is 0.776. The van der Waals surface area contributed by atoms with Crippen LogP contribution in [0, 0.1) is 11.3 Å². The van der Waals surface area contributed by atoms with Crippen LogP contribution in [-0.2, 0) is 0 Å². The SMILES string of the molecule is CC12CCCC[C@H]1CCC[C@@H]2N(O)c1ccc(-c2ccccc2)cc1. The topological polar surface area (TPSA) is 23.5 Å². The van der Waals surface area contributed by atoms with E-state index in [9.17, 15) is 5.21 Å². The molecule has 0 bridgehead atoms. The van der Waals surface area contributed by atoms with Gasteiger partial charge in [-0.15, -0.1) is 0 Å². The van der Waals surface area contributed by atoms with Crippen LogP contribution < -0.4 is 5.06 Å². The Hall–Kier alpha value is -1.80. The lowest BCUT2D eigenvalue weighted by Gasteiger charge is -2.52. The van der Waals surface area contributed by atoms with Crippen LogP contribution in [0.25, 0.3) is 11.1 Å². The number of nitrogens with zero attached hydrogens (tertiary/aromatic N) is 1. The summed E-state index contributed by atoms with van der Waals surface area (Å²) in [6.07, 6.45) is 8.95. The zero-order chi connectivity index (χ0) is 17.3. The number of fused-ring (bicyclic) bond motifs is 1. The van der Waals surface area contributed by atoms with Gasteiger partial charge in [0.15, 0.2) is 0 Å². The van der Waals surface area contributed by atoms with Crippen LogP contribution in [0.2, 0.25) is 0 Å². The molecule has 0 saturated heterocycles. The molecule has 132 valence electrons. The molecule has 2 fully saturated rings. The van der Waals surface area contributed by atoms with Crippen molar-refractivity contribution in [2.24, 2.45) is 11.3 Å². The first-order valence-electron chi connectivity index (χ1n) is 9.82. The van der Waals surface area contributed by atoms with Crippen LogP contribution in [-0.4, -0.2) is 11.2 Å². The molecule has 0 amide bonds. The molecule has 0 heterocycles. The highest BCUT2D eigenvalue weighted by Crippen LogP contribution is 2.52. The smallest absolute Gasteiger partial charge is 0.0638 e. The number of hydroxylamine groups is 1. The quantitative estimate of drug-likeness (QED) is 0.665. The van der Waals surface area contributed by atoms with Crippen molar-refractivity contribution in [1.82, 2.24) is 0 Å². The maximum Gasteiger partial charge on any atom is 0.0638 e. The summed E-state index contributed by atoms with van der Waals surface area (Å²) in [4.78, 5) is 0. The maximum atomic E-state index is 11.0. The molecule has 25 heavy (non-hydrogen) atoms. The minimum absolute atomic E-state index is 0.245. The molecule has 2 aliphatic carbocycles. The van der Waals surface area contributed by atoms with E-state index in [1.165, 1.54) is 49.7 Å². The van der Waals surface area contributed by atoms with E-state index in [0.29, 0.717) is 0 Å². The van der Waals surface area contributed by atoms with Crippen molar-refractivity contribution < 1.29 is 5.21 Å². The van der Waals surface area contributed by atoms with Crippen molar-refractivity contribution in [2.75, 3.05) is 5.06 Å². The van der Waals surface area contributed by atoms with E-state index < -0.39 is 0 Å². The average molecular weight is 335 g/mol. The Bertz CT molecular complexity index is 694. The summed E-state index contributed by atoms with van der Waals surface area (Å²) in [5, 5.41) is 12.6. The number of hydrogen-bond donors (Lipinski definition) is 1. The van der Waals surface area contributed by atoms with E-state index in [-0.39, 0.29) is 11.5 Å². The highest BCUT2D eigenvalue weighted by molar-refractivity contribution is 5.66. The molecule has 3 atom stereocenters. The van der Waals surface area contributed by atoms with E-state index in [1.807, 2.05) is 6.07 Å². The second-order valence-electron chi connectivity index (χ2n) is 8.15. The highest BCUT2D eigenvalue weighted by atomic mass is 16.5. The zero-order valence-electron chi connectivity index (χ0n) is 15.2. The lowest BCUT2D eigenvalue weighted by Crippen LogP contribution is -2.52. The van der Waals surface area contributed by atoms with E-state index in [4.69, 9.17) is 0 Å². The van der Waals surface area contributed by atoms with Gasteiger partial charge in [-0.2, -0.15) is 0 Å². The molecule has 2 aliphatic rings. The summed E-state index contributed by atoms with van der Waals surface area (Å²) >= 11 is 0. The summed E-state index contributed by atoms with van der Waals surface area (Å²) in [6.45, 7) is 2.42. The third kappa shape index (κ3) is 3.08. The summed E-state index contributed by atoms with van der Waals surface area (Å²) in [7, 11) is 0. The number of hydrogen-bond acceptors (Lipinski definition) is 2. The molecule has 2 nitrogen and oxygen atoms in total. The standard InChI is InChI=1S/C23H29NO/c1-23-17-6-5-10-20(23)11-7-12-22(23)24(25)21-15-13-19(14-16-21)18-8-3-2-4-9-18/h2-4,8-9,13-16,20,22,25H,5-7,10-12,17H2,1H3/t20-,22-,23?/m0/s1. The van der Waals surface area contributed by atoms with E-state index in [1.54, 1.807) is 5.06 Å². The van der Waals surface area contributed by atoms with Crippen molar-refractivity contribution in [2.45, 2.75) is 57.9 Å². The summed E-state index contributed by atoms with van der Waals surface area (Å²) < 4.78 is 0. The molecule has 2 aromatic rings. The Morgan fingerprint density at radius 3 is 2.28 bits per heavy atom. The Kier molecular flexibility index (Phi) is 4.56. The first-order valence-corrected chi connectivity index (χ1v) is 9.82. The highest BCUT2D eigenvalue weighted by Gasteiger charge is 2.47. The molecule has 0 aliphatic heterocycles. The van der Waals surface area contributed by atoms with Crippen LogP contribution >= 0.6 is 0 Å². The van der Waals surface area contributed by atoms with Gasteiger partial charge >= 0.3 is 0 Å². The molecule has 2 saturated carbocycles. The molecule has 0 spiro atoms. The van der Waals surface area contributed by atoms with E-state index >= 15 is 0 Å². The van der Waals surface area contributed by atoms with Crippen molar-refractivity contribution in [3.63, 3.8) is 0 Å². The molecule has 2 heteroatoms. The van der Waals surface area contributed by atoms with Crippen molar-refractivity contribution in [1.29, 1.82) is 0 Å². The molecule has 0 radical (unpaired) electrons. The number of benzene rings is 2. The molecule has 0 aromatic heterocycles. The largest absolute Gasteiger partial charge is 0.288 e. The van der Waals surface area contributed by atoms with Gasteiger partial charge in [-0.05, 0) is 60.3 Å². The monoisotopic (exact) mass is 335 g/mol. The fraction of sp³-hybridized carbons (Fsp3) is 0.478. The van der Waals surface area contributed by atoms with E-state index in [0.717, 1.165) is 18.0 Å². The lowest BCUT2D eigenvalue weighted by atomic mass is 9.58. The second-order valence-corrected chi connectivity index (χ2v) is 8.15. The van der Waals surface area contributed by atoms with Crippen molar-refractivity contribution >= 4 is 5.69 Å². The normalized spacial score (nSPS) is 29.0. The second kappa shape index (κ2) is 6.84. The molecule has 1 unspecified atom stereocenters. The first kappa shape index (κ1) is 16.7. The lowest BCUT2D eigenvalue weighted by molar-refractivity contribution is 0.00283. The average Bonchev–Trinajstić information content (AvgIpc) is 2.67. The Morgan fingerprint density at radius 2 is 1.52 bits per heavy atom. The van der Waals surface area contributed by atoms with Gasteiger partial charge in [-0.3, -0.25) is 10.3 Å². The minimum Gasteiger partial charge on any atom is -0.288 e. The van der Waals surface area contributed by atoms with Crippen LogP contribution in [0.4, 0.5) is 5.69 Å². The molecular weight excluding hydrogens is 306 g/mol. The van der Waals surface area contributed by atoms with Crippen LogP contribution in [0.5, 0.6) is 0 Å². The molecule has 2 aromatic carbocycles. The van der Waals surface area contributed by atoms with Gasteiger partial charge in [-0.1, -0.05) is 68.7 Å². The van der Waals surface area contributed by atoms with Gasteiger partial charge in [0.25, 0.3) is 0 Å². The predicted octanol–water partition coefficient (Wildman–Crippen LogP) is 6.30. The third-order valence-corrected chi connectivity index (χ3v) is 6.78. The van der Waals surface area contributed by atoms with Gasteiger partial charge in [0.2, 0.25) is 0 Å². The molecule has 1 N–H and O–H groups in total. The van der Waals surface area contributed by atoms with Crippen LogP contribution in [0.3, 0.4) is 0 Å². The predicted molar refractivity (Wildman–Crippen MR) is 104 cm³/mol. The summed E-state index contributed by atoms with van der Waals surface area (Å²) in [6, 6.07) is 19.0. The number of anilines is 1. The maximum absolute atomic E-state index is 11.0. The van der Waals surface area contributed by atoms with Gasteiger partial charge in [-0.25, -0.2) is 0 Å². The Morgan fingerprint density at radius 1 is 0.840 bits per heavy atom. The van der Waals surface area contributed by atoms with Crippen LogP contribution in [0.1, 0.15) is 51.9 Å². The fourth-order valence-corrected chi connectivity index (χ4v) is 5.25. The van der Waals surface area contributed by atoms with Crippen molar-refractivity contribution in [3.05, 3.63) is 54.6 Å². The van der Waals surface area contributed by atoms with Gasteiger partial charge < -0.3 is 0 Å². The number of rotatable bonds is 3. The first-order chi connectivity index (χ1) is 12.2. The Labute approximate surface area is 151 Å². The van der Waals surface area contributed by atoms with E-state index in [2.05, 4.69) is 55.5 Å².